The molecule has 0 saturated carbocycles. The Morgan fingerprint density at radius 1 is 1.43 bits per heavy atom. The van der Waals surface area contributed by atoms with E-state index in [-0.39, 0.29) is 5.91 Å². The van der Waals surface area contributed by atoms with Gasteiger partial charge in [0, 0.05) is 22.7 Å². The van der Waals surface area contributed by atoms with Gasteiger partial charge in [-0.1, -0.05) is 24.3 Å². The third kappa shape index (κ3) is 3.38. The quantitative estimate of drug-likeness (QED) is 0.883. The molecule has 1 N–H and O–H groups in total. The summed E-state index contributed by atoms with van der Waals surface area (Å²) >= 11 is 1.45. The van der Waals surface area contributed by atoms with E-state index in [0.29, 0.717) is 11.7 Å². The number of nitrogens with zero attached hydrogens (tertiary/aromatic N) is 1. The second-order valence-electron chi connectivity index (χ2n) is 4.64. The number of nitrogens with one attached hydrogen (secondary N) is 1. The number of aromatic nitrogens is 1. The first kappa shape index (κ1) is 13.6. The van der Waals surface area contributed by atoms with E-state index in [0.717, 1.165) is 21.8 Å². The molecule has 1 amide bonds. The molecule has 0 saturated heterocycles. The van der Waals surface area contributed by atoms with Gasteiger partial charge in [-0.2, -0.15) is 0 Å². The molecular weight excluding hydrogens is 284 g/mol. The molecule has 1 aliphatic rings. The maximum atomic E-state index is 11.8. The number of carbonyl (C=O) groups excluding carboxylic acids is 1. The summed E-state index contributed by atoms with van der Waals surface area (Å²) in [4.78, 5) is 17.0. The van der Waals surface area contributed by atoms with E-state index in [4.69, 9.17) is 4.74 Å². The Morgan fingerprint density at radius 3 is 3.10 bits per heavy atom. The molecule has 0 atom stereocenters. The highest BCUT2D eigenvalue weighted by Crippen LogP contribution is 2.26. The largest absolute Gasteiger partial charge is 0.488 e. The molecule has 0 radical (unpaired) electrons. The number of fused-ring (bicyclic) bond motifs is 1. The van der Waals surface area contributed by atoms with Gasteiger partial charge in [0.2, 0.25) is 5.91 Å². The summed E-state index contributed by atoms with van der Waals surface area (Å²) in [7, 11) is 0. The van der Waals surface area contributed by atoms with Crippen LogP contribution in [0.15, 0.2) is 48.2 Å². The summed E-state index contributed by atoms with van der Waals surface area (Å²) in [5, 5.41) is 3.35. The summed E-state index contributed by atoms with van der Waals surface area (Å²) < 4.78 is 5.63. The number of anilines is 1. The van der Waals surface area contributed by atoms with E-state index in [2.05, 4.69) is 10.3 Å². The van der Waals surface area contributed by atoms with Crippen LogP contribution < -0.4 is 10.1 Å². The van der Waals surface area contributed by atoms with Gasteiger partial charge in [0.05, 0.1) is 0 Å². The van der Waals surface area contributed by atoms with E-state index in [1.165, 1.54) is 17.4 Å². The van der Waals surface area contributed by atoms with Crippen LogP contribution in [0.4, 0.5) is 5.13 Å². The van der Waals surface area contributed by atoms with Gasteiger partial charge in [0.15, 0.2) is 5.13 Å². The van der Waals surface area contributed by atoms with E-state index in [1.807, 2.05) is 37.3 Å². The molecule has 2 aromatic rings. The lowest BCUT2D eigenvalue weighted by Crippen LogP contribution is -2.09. The lowest BCUT2D eigenvalue weighted by molar-refractivity contribution is -0.111. The average Bonchev–Trinajstić information content (AvgIpc) is 2.90. The zero-order chi connectivity index (χ0) is 14.7. The molecule has 21 heavy (non-hydrogen) atoms. The molecule has 1 aromatic carbocycles. The number of amides is 1. The van der Waals surface area contributed by atoms with Gasteiger partial charge in [-0.3, -0.25) is 10.1 Å². The molecule has 0 bridgehead atoms. The Hall–Kier alpha value is -2.40. The Balaban J connectivity index is 1.66. The summed E-state index contributed by atoms with van der Waals surface area (Å²) in [6, 6.07) is 7.82. The van der Waals surface area contributed by atoms with Crippen LogP contribution in [0, 0.1) is 6.92 Å². The van der Waals surface area contributed by atoms with E-state index < -0.39 is 0 Å². The zero-order valence-corrected chi connectivity index (χ0v) is 12.3. The third-order valence-corrected chi connectivity index (χ3v) is 3.78. The Morgan fingerprint density at radius 2 is 2.29 bits per heavy atom. The van der Waals surface area contributed by atoms with Gasteiger partial charge in [-0.15, -0.1) is 11.3 Å². The zero-order valence-electron chi connectivity index (χ0n) is 11.5. The molecule has 1 aromatic heterocycles. The monoisotopic (exact) mass is 298 g/mol. The summed E-state index contributed by atoms with van der Waals surface area (Å²) in [5.41, 5.74) is 1.98. The summed E-state index contributed by atoms with van der Waals surface area (Å²) in [6.45, 7) is 2.42. The maximum Gasteiger partial charge on any atom is 0.250 e. The van der Waals surface area contributed by atoms with E-state index >= 15 is 0 Å². The highest BCUT2D eigenvalue weighted by Gasteiger charge is 2.09. The maximum absolute atomic E-state index is 11.8. The van der Waals surface area contributed by atoms with Crippen molar-refractivity contribution in [2.75, 3.05) is 11.9 Å². The van der Waals surface area contributed by atoms with Crippen molar-refractivity contribution in [3.05, 3.63) is 58.6 Å². The molecule has 0 fully saturated rings. The number of aryl methyl sites for hydroxylation is 1. The third-order valence-electron chi connectivity index (χ3n) is 2.95. The number of para-hydroxylation sites is 1. The van der Waals surface area contributed by atoms with Crippen molar-refractivity contribution in [3.8, 4) is 5.75 Å². The Kier molecular flexibility index (Phi) is 3.83. The van der Waals surface area contributed by atoms with Gasteiger partial charge in [0.1, 0.15) is 12.4 Å². The van der Waals surface area contributed by atoms with Crippen LogP contribution in [-0.2, 0) is 4.79 Å². The Bertz CT molecular complexity index is 731. The van der Waals surface area contributed by atoms with Crippen molar-refractivity contribution in [3.63, 3.8) is 0 Å². The number of hydrogen-bond acceptors (Lipinski definition) is 4. The smallest absolute Gasteiger partial charge is 0.250 e. The molecule has 2 heterocycles. The number of rotatable bonds is 3. The first-order valence-electron chi connectivity index (χ1n) is 6.54. The molecule has 1 aliphatic heterocycles. The van der Waals surface area contributed by atoms with E-state index in [1.54, 1.807) is 12.3 Å². The molecule has 3 rings (SSSR count). The lowest BCUT2D eigenvalue weighted by atomic mass is 10.1. The van der Waals surface area contributed by atoms with Crippen molar-refractivity contribution < 1.29 is 9.53 Å². The minimum Gasteiger partial charge on any atom is -0.488 e. The van der Waals surface area contributed by atoms with Gasteiger partial charge in [-0.05, 0) is 24.6 Å². The van der Waals surface area contributed by atoms with Crippen molar-refractivity contribution in [2.24, 2.45) is 0 Å². The second kappa shape index (κ2) is 5.93. The fraction of sp³-hybridized carbons (Fsp3) is 0.125. The van der Waals surface area contributed by atoms with E-state index in [9.17, 15) is 4.79 Å². The van der Waals surface area contributed by atoms with Crippen molar-refractivity contribution in [1.29, 1.82) is 0 Å². The SMILES string of the molecule is Cc1cnc(NC(=O)/C=C/C2=Cc3ccccc3OC2)s1. The number of carbonyl (C=O) groups is 1. The summed E-state index contributed by atoms with van der Waals surface area (Å²) in [5.74, 6) is 0.682. The van der Waals surface area contributed by atoms with Crippen LogP contribution in [0.25, 0.3) is 6.08 Å². The molecule has 4 nitrogen and oxygen atoms in total. The van der Waals surface area contributed by atoms with Gasteiger partial charge < -0.3 is 4.74 Å². The molecule has 0 aliphatic carbocycles. The topological polar surface area (TPSA) is 51.2 Å². The predicted molar refractivity (Wildman–Crippen MR) is 84.5 cm³/mol. The van der Waals surface area contributed by atoms with Crippen LogP contribution in [0.5, 0.6) is 5.75 Å². The van der Waals surface area contributed by atoms with Crippen molar-refractivity contribution in [1.82, 2.24) is 4.98 Å². The second-order valence-corrected chi connectivity index (χ2v) is 5.88. The van der Waals surface area contributed by atoms with Crippen LogP contribution in [0.2, 0.25) is 0 Å². The molecular formula is C16H14N2O2S. The van der Waals surface area contributed by atoms with Crippen LogP contribution in [0.1, 0.15) is 10.4 Å². The fourth-order valence-corrected chi connectivity index (χ4v) is 2.64. The fourth-order valence-electron chi connectivity index (χ4n) is 1.97. The van der Waals surface area contributed by atoms with Crippen LogP contribution >= 0.6 is 11.3 Å². The van der Waals surface area contributed by atoms with Crippen molar-refractivity contribution >= 4 is 28.5 Å². The number of benzene rings is 1. The number of ether oxygens (including phenoxy) is 1. The first-order chi connectivity index (χ1) is 10.2. The normalized spacial score (nSPS) is 13.5. The van der Waals surface area contributed by atoms with Gasteiger partial charge in [0.25, 0.3) is 0 Å². The van der Waals surface area contributed by atoms with Crippen LogP contribution in [-0.4, -0.2) is 17.5 Å². The molecule has 0 spiro atoms. The lowest BCUT2D eigenvalue weighted by Gasteiger charge is -2.15. The first-order valence-corrected chi connectivity index (χ1v) is 7.36. The van der Waals surface area contributed by atoms with Crippen molar-refractivity contribution in [2.45, 2.75) is 6.92 Å². The minimum absolute atomic E-state index is 0.191. The van der Waals surface area contributed by atoms with Gasteiger partial charge >= 0.3 is 0 Å². The minimum atomic E-state index is -0.191. The number of thiazole rings is 1. The van der Waals surface area contributed by atoms with Crippen LogP contribution in [0.3, 0.4) is 0 Å². The number of hydrogen-bond donors (Lipinski definition) is 1. The molecule has 106 valence electrons. The highest BCUT2D eigenvalue weighted by atomic mass is 32.1. The molecule has 0 unspecified atom stereocenters. The standard InChI is InChI=1S/C16H14N2O2S/c1-11-9-17-16(21-11)18-15(19)7-6-12-8-13-4-2-3-5-14(13)20-10-12/h2-9H,10H2,1H3,(H,17,18,19)/b7-6+. The predicted octanol–water partition coefficient (Wildman–Crippen LogP) is 3.42. The average molecular weight is 298 g/mol. The summed E-state index contributed by atoms with van der Waals surface area (Å²) in [6.07, 6.45) is 7.03. The molecule has 5 heteroatoms. The highest BCUT2D eigenvalue weighted by molar-refractivity contribution is 7.15. The Labute approximate surface area is 126 Å². The van der Waals surface area contributed by atoms with Gasteiger partial charge in [-0.25, -0.2) is 4.98 Å².